The molecule has 0 heterocycles. The van der Waals surface area contributed by atoms with Crippen molar-refractivity contribution in [3.8, 4) is 0 Å². The van der Waals surface area contributed by atoms with Crippen molar-refractivity contribution in [3.05, 3.63) is 79.9 Å². The Labute approximate surface area is 163 Å². The molecule has 0 bridgehead atoms. The maximum Gasteiger partial charge on any atom is 1.00 e. The molecule has 0 aliphatic heterocycles. The van der Waals surface area contributed by atoms with E-state index in [0.29, 0.717) is 5.56 Å². The number of rotatable bonds is 4. The summed E-state index contributed by atoms with van der Waals surface area (Å²) < 4.78 is 0. The second-order valence-electron chi connectivity index (χ2n) is 4.16. The van der Waals surface area contributed by atoms with Crippen LogP contribution in [0.15, 0.2) is 48.5 Å². The average molecular weight is 358 g/mol. The Balaban J connectivity index is 0. The minimum Gasteiger partial charge on any atom is -1.00 e. The summed E-state index contributed by atoms with van der Waals surface area (Å²) in [5, 5.41) is 37.9. The van der Waals surface area contributed by atoms with Gasteiger partial charge in [0.15, 0.2) is 0 Å². The summed E-state index contributed by atoms with van der Waals surface area (Å²) in [6.07, 6.45) is 0. The number of carbonyl (C=O) groups is 2. The molecular formula is C14H11N2NaO8. The third-order valence-corrected chi connectivity index (χ3v) is 2.65. The molecule has 0 radical (unpaired) electrons. The molecule has 0 aliphatic rings. The molecular weight excluding hydrogens is 347 g/mol. The van der Waals surface area contributed by atoms with Gasteiger partial charge in [0.05, 0.1) is 15.4 Å². The van der Waals surface area contributed by atoms with E-state index in [9.17, 15) is 29.8 Å². The SMILES string of the molecule is O=C(O)c1cccc([N+](=O)[O-])c1[N+](=O)[O-].O=C(O)c1ccccc1.[H-].[Na+]. The Morgan fingerprint density at radius 2 is 1.40 bits per heavy atom. The molecule has 10 nitrogen and oxygen atoms in total. The molecule has 2 aromatic rings. The number of benzene rings is 2. The summed E-state index contributed by atoms with van der Waals surface area (Å²) in [5.74, 6) is -2.46. The van der Waals surface area contributed by atoms with Gasteiger partial charge in [-0.15, -0.1) is 0 Å². The van der Waals surface area contributed by atoms with Crippen LogP contribution in [0.3, 0.4) is 0 Å². The van der Waals surface area contributed by atoms with E-state index in [1.54, 1.807) is 30.3 Å². The zero-order valence-corrected chi connectivity index (χ0v) is 14.9. The van der Waals surface area contributed by atoms with Crippen LogP contribution in [0.1, 0.15) is 22.1 Å². The van der Waals surface area contributed by atoms with Crippen molar-refractivity contribution in [2.75, 3.05) is 0 Å². The number of nitro benzene ring substituents is 2. The molecule has 0 amide bonds. The van der Waals surface area contributed by atoms with Crippen LogP contribution in [0.4, 0.5) is 11.4 Å². The third kappa shape index (κ3) is 6.30. The van der Waals surface area contributed by atoms with E-state index >= 15 is 0 Å². The molecule has 0 saturated heterocycles. The van der Waals surface area contributed by atoms with E-state index in [4.69, 9.17) is 10.2 Å². The Bertz CT molecular complexity index is 769. The van der Waals surface area contributed by atoms with Gasteiger partial charge in [-0.2, -0.15) is 0 Å². The van der Waals surface area contributed by atoms with Crippen molar-refractivity contribution >= 4 is 23.3 Å². The maximum absolute atomic E-state index is 10.6. The summed E-state index contributed by atoms with van der Waals surface area (Å²) in [4.78, 5) is 39.6. The van der Waals surface area contributed by atoms with Crippen molar-refractivity contribution < 1.29 is 60.6 Å². The topological polar surface area (TPSA) is 161 Å². The summed E-state index contributed by atoms with van der Waals surface area (Å²) in [7, 11) is 0. The third-order valence-electron chi connectivity index (χ3n) is 2.65. The van der Waals surface area contributed by atoms with Crippen molar-refractivity contribution in [2.45, 2.75) is 0 Å². The predicted molar refractivity (Wildman–Crippen MR) is 81.2 cm³/mol. The van der Waals surface area contributed by atoms with Crippen molar-refractivity contribution in [1.29, 1.82) is 0 Å². The van der Waals surface area contributed by atoms with Gasteiger partial charge in [0.1, 0.15) is 5.56 Å². The van der Waals surface area contributed by atoms with Crippen LogP contribution >= 0.6 is 0 Å². The number of nitro groups is 2. The van der Waals surface area contributed by atoms with Crippen LogP contribution in [-0.4, -0.2) is 32.0 Å². The molecule has 0 aliphatic carbocycles. The Hall–Kier alpha value is -2.82. The van der Waals surface area contributed by atoms with Crippen LogP contribution in [0, 0.1) is 20.2 Å². The van der Waals surface area contributed by atoms with Crippen molar-refractivity contribution in [1.82, 2.24) is 0 Å². The summed E-state index contributed by atoms with van der Waals surface area (Å²) >= 11 is 0. The van der Waals surface area contributed by atoms with Gasteiger partial charge in [0, 0.05) is 6.07 Å². The first kappa shape index (κ1) is 22.2. The largest absolute Gasteiger partial charge is 1.00 e. The summed E-state index contributed by atoms with van der Waals surface area (Å²) in [6.45, 7) is 0. The van der Waals surface area contributed by atoms with E-state index in [1.807, 2.05) is 0 Å². The van der Waals surface area contributed by atoms with Crippen LogP contribution in [0.5, 0.6) is 0 Å². The normalized spacial score (nSPS) is 8.96. The Kier molecular flexibility index (Phi) is 8.99. The monoisotopic (exact) mass is 358 g/mol. The van der Waals surface area contributed by atoms with E-state index in [2.05, 4.69) is 0 Å². The first-order chi connectivity index (χ1) is 11.3. The molecule has 0 saturated carbocycles. The first-order valence-corrected chi connectivity index (χ1v) is 6.19. The van der Waals surface area contributed by atoms with Gasteiger partial charge in [-0.25, -0.2) is 9.59 Å². The fourth-order valence-corrected chi connectivity index (χ4v) is 1.62. The van der Waals surface area contributed by atoms with Crippen LogP contribution in [0.25, 0.3) is 0 Å². The van der Waals surface area contributed by atoms with Crippen LogP contribution < -0.4 is 29.6 Å². The minimum absolute atomic E-state index is 0. The molecule has 11 heteroatoms. The second kappa shape index (κ2) is 10.1. The van der Waals surface area contributed by atoms with Crippen LogP contribution in [-0.2, 0) is 0 Å². The fraction of sp³-hybridized carbons (Fsp3) is 0. The zero-order valence-electron chi connectivity index (χ0n) is 13.9. The van der Waals surface area contributed by atoms with Gasteiger partial charge in [0.25, 0.3) is 0 Å². The first-order valence-electron chi connectivity index (χ1n) is 6.19. The summed E-state index contributed by atoms with van der Waals surface area (Å²) in [5.41, 5.74) is -2.21. The Morgan fingerprint density at radius 1 is 0.840 bits per heavy atom. The Morgan fingerprint density at radius 3 is 1.76 bits per heavy atom. The van der Waals surface area contributed by atoms with E-state index < -0.39 is 38.7 Å². The van der Waals surface area contributed by atoms with Gasteiger partial charge in [-0.05, 0) is 18.2 Å². The van der Waals surface area contributed by atoms with Crippen molar-refractivity contribution in [3.63, 3.8) is 0 Å². The summed E-state index contributed by atoms with van der Waals surface area (Å²) in [6, 6.07) is 11.2. The number of nitrogens with zero attached hydrogens (tertiary/aromatic N) is 2. The van der Waals surface area contributed by atoms with Crippen LogP contribution in [0.2, 0.25) is 0 Å². The molecule has 0 unspecified atom stereocenters. The number of hydrogen-bond donors (Lipinski definition) is 2. The molecule has 126 valence electrons. The average Bonchev–Trinajstić information content (AvgIpc) is 2.55. The molecule has 2 rings (SSSR count). The molecule has 2 aromatic carbocycles. The molecule has 0 fully saturated rings. The molecule has 0 aromatic heterocycles. The molecule has 2 N–H and O–H groups in total. The second-order valence-corrected chi connectivity index (χ2v) is 4.16. The molecule has 0 spiro atoms. The van der Waals surface area contributed by atoms with Gasteiger partial charge in [-0.3, -0.25) is 20.2 Å². The fourth-order valence-electron chi connectivity index (χ4n) is 1.62. The number of carboxylic acids is 2. The van der Waals surface area contributed by atoms with Gasteiger partial charge in [0.2, 0.25) is 0 Å². The standard InChI is InChI=1S/C7H4N2O6.C7H6O2.Na.H/c10-7(11)4-2-1-3-5(8(12)13)6(4)9(14)15;8-7(9)6-4-2-1-3-5-6;;/h1-3H,(H,10,11);1-5H,(H,8,9);;/q;;+1;-1. The number of para-hydroxylation sites is 1. The number of hydrogen-bond acceptors (Lipinski definition) is 6. The maximum atomic E-state index is 10.6. The smallest absolute Gasteiger partial charge is 1.00 e. The predicted octanol–water partition coefficient (Wildman–Crippen LogP) is -0.298. The van der Waals surface area contributed by atoms with Crippen molar-refractivity contribution in [2.24, 2.45) is 0 Å². The number of aromatic carboxylic acids is 2. The molecule has 0 atom stereocenters. The molecule has 25 heavy (non-hydrogen) atoms. The van der Waals surface area contributed by atoms with Gasteiger partial charge in [-0.1, -0.05) is 24.3 Å². The van der Waals surface area contributed by atoms with E-state index in [-0.39, 0.29) is 31.0 Å². The quantitative estimate of drug-likeness (QED) is 0.428. The number of carboxylic acid groups (broad SMARTS) is 2. The van der Waals surface area contributed by atoms with E-state index in [0.717, 1.165) is 18.2 Å². The van der Waals surface area contributed by atoms with Gasteiger partial charge >= 0.3 is 52.9 Å². The van der Waals surface area contributed by atoms with Gasteiger partial charge < -0.3 is 11.6 Å². The van der Waals surface area contributed by atoms with E-state index in [1.165, 1.54) is 0 Å². The zero-order chi connectivity index (χ0) is 18.3. The minimum atomic E-state index is -1.58.